The zero-order valence-electron chi connectivity index (χ0n) is 21.7. The van der Waals surface area contributed by atoms with Gasteiger partial charge < -0.3 is 10.6 Å². The van der Waals surface area contributed by atoms with Gasteiger partial charge in [0.15, 0.2) is 0 Å². The summed E-state index contributed by atoms with van der Waals surface area (Å²) in [5, 5.41) is 14.2. The van der Waals surface area contributed by atoms with Crippen LogP contribution in [-0.2, 0) is 4.79 Å². The molecule has 0 aliphatic carbocycles. The van der Waals surface area contributed by atoms with Crippen molar-refractivity contribution in [3.05, 3.63) is 65.2 Å². The van der Waals surface area contributed by atoms with Crippen molar-refractivity contribution in [3.63, 3.8) is 0 Å². The van der Waals surface area contributed by atoms with Crippen LogP contribution in [0.4, 0.5) is 5.13 Å². The molecule has 2 N–H and O–H groups in total. The molecule has 1 atom stereocenters. The van der Waals surface area contributed by atoms with Crippen LogP contribution in [0, 0.1) is 11.3 Å². The molecular weight excluding hydrogens is 456 g/mol. The van der Waals surface area contributed by atoms with Gasteiger partial charge in [-0.3, -0.25) is 9.59 Å². The second-order valence-electron chi connectivity index (χ2n) is 11.0. The number of nitrogens with zero attached hydrogens (tertiary/aromatic N) is 2. The molecule has 7 heteroatoms. The van der Waals surface area contributed by atoms with Crippen LogP contribution in [0.2, 0.25) is 0 Å². The Morgan fingerprint density at radius 1 is 0.914 bits per heavy atom. The van der Waals surface area contributed by atoms with E-state index in [2.05, 4.69) is 58.9 Å². The van der Waals surface area contributed by atoms with Crippen molar-refractivity contribution in [1.29, 1.82) is 0 Å². The average molecular weight is 493 g/mol. The standard InChI is InChI=1S/C28H36N4O2S/c1-18(2)16-23(28(6,7)25(34)30-26-32-29-17-35-26)21-12-8-19(9-13-21)20-10-14-22(15-11-20)24(33)31-27(3,4)5/h8-15,17-18,23H,16H2,1-7H3,(H,31,33)(H,30,32,34). The maximum Gasteiger partial charge on any atom is 0.251 e. The Kier molecular flexibility index (Phi) is 8.11. The van der Waals surface area contributed by atoms with Gasteiger partial charge in [-0.1, -0.05) is 75.4 Å². The van der Waals surface area contributed by atoms with Gasteiger partial charge in [0, 0.05) is 11.1 Å². The fourth-order valence-corrected chi connectivity index (χ4v) is 4.54. The Morgan fingerprint density at radius 2 is 1.49 bits per heavy atom. The lowest BCUT2D eigenvalue weighted by Gasteiger charge is -2.34. The van der Waals surface area contributed by atoms with Gasteiger partial charge in [0.1, 0.15) is 5.51 Å². The predicted molar refractivity (Wildman–Crippen MR) is 144 cm³/mol. The Hall–Kier alpha value is -3.06. The summed E-state index contributed by atoms with van der Waals surface area (Å²) in [6.45, 7) is 14.2. The molecule has 1 unspecified atom stereocenters. The number of hydrogen-bond acceptors (Lipinski definition) is 5. The molecule has 0 radical (unpaired) electrons. The highest BCUT2D eigenvalue weighted by Crippen LogP contribution is 2.41. The van der Waals surface area contributed by atoms with Crippen molar-refractivity contribution in [2.75, 3.05) is 5.32 Å². The Morgan fingerprint density at radius 3 is 1.97 bits per heavy atom. The lowest BCUT2D eigenvalue weighted by atomic mass is 9.70. The van der Waals surface area contributed by atoms with E-state index in [4.69, 9.17) is 0 Å². The molecule has 1 aromatic heterocycles. The highest BCUT2D eigenvalue weighted by atomic mass is 32.1. The summed E-state index contributed by atoms with van der Waals surface area (Å²) in [6.07, 6.45) is 0.882. The second kappa shape index (κ2) is 10.7. The number of nitrogens with one attached hydrogen (secondary N) is 2. The number of carbonyl (C=O) groups excluding carboxylic acids is 2. The number of amides is 2. The Bertz CT molecular complexity index is 1130. The van der Waals surface area contributed by atoms with Crippen LogP contribution in [0.1, 0.15) is 76.7 Å². The first-order chi connectivity index (χ1) is 16.4. The molecule has 186 valence electrons. The van der Waals surface area contributed by atoms with Gasteiger partial charge in [0.25, 0.3) is 5.91 Å². The number of aromatic nitrogens is 2. The van der Waals surface area contributed by atoms with Crippen LogP contribution in [-0.4, -0.2) is 27.6 Å². The van der Waals surface area contributed by atoms with Crippen LogP contribution < -0.4 is 10.6 Å². The number of benzene rings is 2. The molecule has 0 bridgehead atoms. The molecule has 35 heavy (non-hydrogen) atoms. The molecule has 3 rings (SSSR count). The van der Waals surface area contributed by atoms with Crippen LogP contribution in [0.25, 0.3) is 11.1 Å². The second-order valence-corrected chi connectivity index (χ2v) is 11.8. The van der Waals surface area contributed by atoms with Crippen molar-refractivity contribution in [2.24, 2.45) is 11.3 Å². The van der Waals surface area contributed by atoms with Crippen LogP contribution in [0.3, 0.4) is 0 Å². The van der Waals surface area contributed by atoms with Gasteiger partial charge in [-0.25, -0.2) is 0 Å². The van der Waals surface area contributed by atoms with Gasteiger partial charge in [0.2, 0.25) is 11.0 Å². The normalized spacial score (nSPS) is 12.9. The van der Waals surface area contributed by atoms with Crippen molar-refractivity contribution in [1.82, 2.24) is 15.5 Å². The maximum absolute atomic E-state index is 13.2. The largest absolute Gasteiger partial charge is 0.347 e. The zero-order chi connectivity index (χ0) is 25.8. The molecule has 0 saturated heterocycles. The summed E-state index contributed by atoms with van der Waals surface area (Å²) in [5.41, 5.74) is 4.56. The lowest BCUT2D eigenvalue weighted by Crippen LogP contribution is -2.40. The third kappa shape index (κ3) is 6.98. The van der Waals surface area contributed by atoms with Gasteiger partial charge in [-0.15, -0.1) is 10.2 Å². The lowest BCUT2D eigenvalue weighted by molar-refractivity contribution is -0.125. The Balaban J connectivity index is 1.81. The molecule has 6 nitrogen and oxygen atoms in total. The molecule has 0 aliphatic heterocycles. The highest BCUT2D eigenvalue weighted by Gasteiger charge is 2.38. The van der Waals surface area contributed by atoms with Gasteiger partial charge in [-0.2, -0.15) is 0 Å². The summed E-state index contributed by atoms with van der Waals surface area (Å²) in [6, 6.07) is 16.1. The minimum atomic E-state index is -0.639. The smallest absolute Gasteiger partial charge is 0.251 e. The third-order valence-electron chi connectivity index (χ3n) is 6.03. The summed E-state index contributed by atoms with van der Waals surface area (Å²) in [5.74, 6) is 0.325. The summed E-state index contributed by atoms with van der Waals surface area (Å²) >= 11 is 1.31. The van der Waals surface area contributed by atoms with E-state index < -0.39 is 5.41 Å². The fraction of sp³-hybridized carbons (Fsp3) is 0.429. The van der Waals surface area contributed by atoms with E-state index in [-0.39, 0.29) is 23.3 Å². The van der Waals surface area contributed by atoms with Gasteiger partial charge in [-0.05, 0) is 67.9 Å². The summed E-state index contributed by atoms with van der Waals surface area (Å²) in [4.78, 5) is 25.6. The monoisotopic (exact) mass is 492 g/mol. The number of rotatable bonds is 8. The predicted octanol–water partition coefficient (Wildman–Crippen LogP) is 6.53. The topological polar surface area (TPSA) is 84.0 Å². The summed E-state index contributed by atoms with van der Waals surface area (Å²) in [7, 11) is 0. The number of carbonyl (C=O) groups is 2. The molecular formula is C28H36N4O2S. The number of anilines is 1. The van der Waals surface area contributed by atoms with Crippen molar-refractivity contribution in [3.8, 4) is 11.1 Å². The zero-order valence-corrected chi connectivity index (χ0v) is 22.5. The first kappa shape index (κ1) is 26.5. The van der Waals surface area contributed by atoms with Crippen LogP contribution in [0.15, 0.2) is 54.0 Å². The minimum Gasteiger partial charge on any atom is -0.347 e. The SMILES string of the molecule is CC(C)CC(c1ccc(-c2ccc(C(=O)NC(C)(C)C)cc2)cc1)C(C)(C)C(=O)Nc1nncs1. The fourth-order valence-electron chi connectivity index (χ4n) is 4.10. The highest BCUT2D eigenvalue weighted by molar-refractivity contribution is 7.13. The van der Waals surface area contributed by atoms with Crippen molar-refractivity contribution >= 4 is 28.3 Å². The molecule has 1 heterocycles. The van der Waals surface area contributed by atoms with Gasteiger partial charge >= 0.3 is 0 Å². The van der Waals surface area contributed by atoms with E-state index >= 15 is 0 Å². The van der Waals surface area contributed by atoms with E-state index in [9.17, 15) is 9.59 Å². The van der Waals surface area contributed by atoms with Gasteiger partial charge in [0.05, 0.1) is 5.41 Å². The van der Waals surface area contributed by atoms with E-state index in [0.29, 0.717) is 16.6 Å². The molecule has 2 amide bonds. The van der Waals surface area contributed by atoms with E-state index in [0.717, 1.165) is 23.1 Å². The average Bonchev–Trinajstić information content (AvgIpc) is 3.29. The minimum absolute atomic E-state index is 0.0351. The van der Waals surface area contributed by atoms with Crippen LogP contribution >= 0.6 is 11.3 Å². The molecule has 2 aromatic carbocycles. The first-order valence-electron chi connectivity index (χ1n) is 12.0. The molecule has 3 aromatic rings. The first-order valence-corrected chi connectivity index (χ1v) is 12.9. The Labute approximate surface area is 212 Å². The van der Waals surface area contributed by atoms with E-state index in [1.807, 2.05) is 58.9 Å². The summed E-state index contributed by atoms with van der Waals surface area (Å²) < 4.78 is 0. The molecule has 0 spiro atoms. The molecule has 0 saturated carbocycles. The van der Waals surface area contributed by atoms with Crippen molar-refractivity contribution in [2.45, 2.75) is 66.3 Å². The quantitative estimate of drug-likeness (QED) is 0.374. The molecule has 0 aliphatic rings. The molecule has 0 fully saturated rings. The third-order valence-corrected chi connectivity index (χ3v) is 6.63. The van der Waals surface area contributed by atoms with E-state index in [1.165, 1.54) is 11.3 Å². The van der Waals surface area contributed by atoms with E-state index in [1.54, 1.807) is 5.51 Å². The number of hydrogen-bond donors (Lipinski definition) is 2. The maximum atomic E-state index is 13.2. The van der Waals surface area contributed by atoms with Crippen molar-refractivity contribution < 1.29 is 9.59 Å². The van der Waals surface area contributed by atoms with Crippen LogP contribution in [0.5, 0.6) is 0 Å².